The molecule has 0 amide bonds. The molecule has 0 radical (unpaired) electrons. The Kier molecular flexibility index (Phi) is 12.8. The second-order valence-electron chi connectivity index (χ2n) is 7.88. The van der Waals surface area contributed by atoms with Crippen molar-refractivity contribution in [3.05, 3.63) is 35.4 Å². The van der Waals surface area contributed by atoms with Crippen molar-refractivity contribution in [3.8, 4) is 0 Å². The van der Waals surface area contributed by atoms with Crippen molar-refractivity contribution < 1.29 is 4.74 Å². The minimum atomic E-state index is 0. The highest BCUT2D eigenvalue weighted by molar-refractivity contribution is 14.0. The fraction of sp³-hybridized carbons (Fsp3) is 0.696. The molecule has 2 rings (SSSR count). The van der Waals surface area contributed by atoms with Crippen LogP contribution in [0.5, 0.6) is 0 Å². The maximum atomic E-state index is 5.32. The second kappa shape index (κ2) is 14.2. The minimum Gasteiger partial charge on any atom is -0.385 e. The van der Waals surface area contributed by atoms with E-state index in [1.54, 1.807) is 7.11 Å². The average molecular weight is 517 g/mol. The van der Waals surface area contributed by atoms with Gasteiger partial charge >= 0.3 is 0 Å². The third-order valence-corrected chi connectivity index (χ3v) is 6.04. The zero-order valence-electron chi connectivity index (χ0n) is 18.8. The molecule has 0 spiro atoms. The molecule has 0 atom stereocenters. The number of benzene rings is 1. The standard InChI is InChI=1S/C23H40N4O.HI/c1-5-24-22(26-19-23(13-10-14-23)15-16-28-4)25-17-20-11-8-9-12-21(20)18-27(6-2)7-3;/h8-9,11-12H,5-7,10,13-19H2,1-4H3,(H2,24,25,26);1H. The summed E-state index contributed by atoms with van der Waals surface area (Å²) in [6.45, 7) is 13.1. The van der Waals surface area contributed by atoms with E-state index in [0.717, 1.165) is 51.7 Å². The smallest absolute Gasteiger partial charge is 0.191 e. The van der Waals surface area contributed by atoms with E-state index in [1.165, 1.54) is 30.4 Å². The summed E-state index contributed by atoms with van der Waals surface area (Å²) in [5.74, 6) is 0.920. The maximum absolute atomic E-state index is 5.32. The van der Waals surface area contributed by atoms with Crippen LogP contribution in [0, 0.1) is 5.41 Å². The molecule has 2 N–H and O–H groups in total. The Bertz CT molecular complexity index is 600. The Morgan fingerprint density at radius 2 is 1.79 bits per heavy atom. The van der Waals surface area contributed by atoms with Gasteiger partial charge in [-0.05, 0) is 55.8 Å². The van der Waals surface area contributed by atoms with Crippen molar-refractivity contribution in [1.29, 1.82) is 0 Å². The largest absolute Gasteiger partial charge is 0.385 e. The van der Waals surface area contributed by atoms with Crippen LogP contribution in [0.25, 0.3) is 0 Å². The first-order valence-corrected chi connectivity index (χ1v) is 11.0. The maximum Gasteiger partial charge on any atom is 0.191 e. The summed E-state index contributed by atoms with van der Waals surface area (Å²) >= 11 is 0. The summed E-state index contributed by atoms with van der Waals surface area (Å²) in [6.07, 6.45) is 5.03. The van der Waals surface area contributed by atoms with E-state index in [0.29, 0.717) is 12.0 Å². The molecule has 1 aliphatic rings. The summed E-state index contributed by atoms with van der Waals surface area (Å²) in [4.78, 5) is 7.34. The Labute approximate surface area is 195 Å². The van der Waals surface area contributed by atoms with Gasteiger partial charge in [0.2, 0.25) is 0 Å². The van der Waals surface area contributed by atoms with Gasteiger partial charge in [-0.2, -0.15) is 0 Å². The van der Waals surface area contributed by atoms with Crippen molar-refractivity contribution in [2.45, 2.75) is 59.5 Å². The quantitative estimate of drug-likeness (QED) is 0.246. The summed E-state index contributed by atoms with van der Waals surface area (Å²) in [6, 6.07) is 8.69. The number of nitrogens with zero attached hydrogens (tertiary/aromatic N) is 2. The van der Waals surface area contributed by atoms with Crippen LogP contribution in [0.3, 0.4) is 0 Å². The zero-order chi connectivity index (χ0) is 20.2. The SMILES string of the molecule is CCNC(=NCc1ccccc1CN(CC)CC)NCC1(CCOC)CCC1.I. The Balaban J connectivity index is 0.00000420. The van der Waals surface area contributed by atoms with E-state index in [-0.39, 0.29) is 24.0 Å². The summed E-state index contributed by atoms with van der Waals surface area (Å²) in [5, 5.41) is 7.01. The molecule has 166 valence electrons. The van der Waals surface area contributed by atoms with Gasteiger partial charge in [-0.15, -0.1) is 24.0 Å². The lowest BCUT2D eigenvalue weighted by Gasteiger charge is -2.42. The van der Waals surface area contributed by atoms with Crippen LogP contribution in [0.4, 0.5) is 0 Å². The first kappa shape index (κ1) is 26.2. The van der Waals surface area contributed by atoms with Crippen molar-refractivity contribution >= 4 is 29.9 Å². The zero-order valence-corrected chi connectivity index (χ0v) is 21.1. The third kappa shape index (κ3) is 8.42. The Morgan fingerprint density at radius 3 is 2.34 bits per heavy atom. The van der Waals surface area contributed by atoms with Gasteiger partial charge in [0.1, 0.15) is 0 Å². The van der Waals surface area contributed by atoms with Crippen LogP contribution in [0.15, 0.2) is 29.3 Å². The third-order valence-electron chi connectivity index (χ3n) is 6.04. The number of nitrogens with one attached hydrogen (secondary N) is 2. The first-order chi connectivity index (χ1) is 13.7. The molecule has 5 nitrogen and oxygen atoms in total. The highest BCUT2D eigenvalue weighted by Crippen LogP contribution is 2.43. The summed E-state index contributed by atoms with van der Waals surface area (Å²) in [5.41, 5.74) is 3.07. The number of guanidine groups is 1. The van der Waals surface area contributed by atoms with Gasteiger partial charge < -0.3 is 15.4 Å². The molecule has 1 saturated carbocycles. The van der Waals surface area contributed by atoms with Crippen LogP contribution in [0.1, 0.15) is 57.6 Å². The molecule has 1 aromatic rings. The molecule has 0 heterocycles. The Morgan fingerprint density at radius 1 is 1.10 bits per heavy atom. The predicted molar refractivity (Wildman–Crippen MR) is 134 cm³/mol. The number of rotatable bonds is 12. The molecule has 1 aliphatic carbocycles. The van der Waals surface area contributed by atoms with Crippen molar-refractivity contribution in [1.82, 2.24) is 15.5 Å². The number of aliphatic imine (C=N–C) groups is 1. The first-order valence-electron chi connectivity index (χ1n) is 11.0. The van der Waals surface area contributed by atoms with Crippen LogP contribution in [-0.2, 0) is 17.8 Å². The number of hydrogen-bond acceptors (Lipinski definition) is 3. The van der Waals surface area contributed by atoms with Crippen LogP contribution < -0.4 is 10.6 Å². The van der Waals surface area contributed by atoms with Gasteiger partial charge in [-0.3, -0.25) is 4.90 Å². The number of methoxy groups -OCH3 is 1. The molecule has 0 aromatic heterocycles. The van der Waals surface area contributed by atoms with Crippen molar-refractivity contribution in [3.63, 3.8) is 0 Å². The van der Waals surface area contributed by atoms with Gasteiger partial charge in [-0.1, -0.05) is 44.5 Å². The van der Waals surface area contributed by atoms with E-state index in [4.69, 9.17) is 9.73 Å². The van der Waals surface area contributed by atoms with Crippen molar-refractivity contribution in [2.75, 3.05) is 39.9 Å². The normalized spacial score (nSPS) is 15.6. The van der Waals surface area contributed by atoms with E-state index in [2.05, 4.69) is 60.6 Å². The van der Waals surface area contributed by atoms with Gasteiger partial charge in [0.15, 0.2) is 5.96 Å². The minimum absolute atomic E-state index is 0. The fourth-order valence-corrected chi connectivity index (χ4v) is 3.84. The summed E-state index contributed by atoms with van der Waals surface area (Å²) in [7, 11) is 1.79. The van der Waals surface area contributed by atoms with Crippen LogP contribution >= 0.6 is 24.0 Å². The van der Waals surface area contributed by atoms with Gasteiger partial charge in [0.05, 0.1) is 6.54 Å². The number of halogens is 1. The second-order valence-corrected chi connectivity index (χ2v) is 7.88. The lowest BCUT2D eigenvalue weighted by atomic mass is 9.67. The topological polar surface area (TPSA) is 48.9 Å². The molecule has 0 saturated heterocycles. The van der Waals surface area contributed by atoms with E-state index in [9.17, 15) is 0 Å². The van der Waals surface area contributed by atoms with E-state index in [1.807, 2.05) is 0 Å². The molecule has 29 heavy (non-hydrogen) atoms. The molecule has 0 aliphatic heterocycles. The average Bonchev–Trinajstić information content (AvgIpc) is 2.69. The molecule has 1 aromatic carbocycles. The van der Waals surface area contributed by atoms with Gasteiger partial charge in [-0.25, -0.2) is 4.99 Å². The van der Waals surface area contributed by atoms with Crippen LogP contribution in [-0.4, -0.2) is 50.8 Å². The highest BCUT2D eigenvalue weighted by atomic mass is 127. The summed E-state index contributed by atoms with van der Waals surface area (Å²) < 4.78 is 5.32. The van der Waals surface area contributed by atoms with Crippen LogP contribution in [0.2, 0.25) is 0 Å². The number of hydrogen-bond donors (Lipinski definition) is 2. The molecular weight excluding hydrogens is 475 g/mol. The molecule has 1 fully saturated rings. The lowest BCUT2D eigenvalue weighted by molar-refractivity contribution is 0.0732. The lowest BCUT2D eigenvalue weighted by Crippen LogP contribution is -2.47. The monoisotopic (exact) mass is 516 g/mol. The fourth-order valence-electron chi connectivity index (χ4n) is 3.84. The number of ether oxygens (including phenoxy) is 1. The molecule has 0 unspecified atom stereocenters. The molecule has 6 heteroatoms. The molecular formula is C23H41IN4O. The molecule has 0 bridgehead atoms. The predicted octanol–water partition coefficient (Wildman–Crippen LogP) is 4.41. The van der Waals surface area contributed by atoms with E-state index < -0.39 is 0 Å². The van der Waals surface area contributed by atoms with Gasteiger partial charge in [0, 0.05) is 33.4 Å². The van der Waals surface area contributed by atoms with Crippen molar-refractivity contribution in [2.24, 2.45) is 10.4 Å². The highest BCUT2D eigenvalue weighted by Gasteiger charge is 2.36. The van der Waals surface area contributed by atoms with Gasteiger partial charge in [0.25, 0.3) is 0 Å². The Hall–Kier alpha value is -0.860. The van der Waals surface area contributed by atoms with E-state index >= 15 is 0 Å².